The first kappa shape index (κ1) is 20.4. The van der Waals surface area contributed by atoms with Gasteiger partial charge in [0.05, 0.1) is 13.0 Å². The van der Waals surface area contributed by atoms with E-state index in [2.05, 4.69) is 24.1 Å². The summed E-state index contributed by atoms with van der Waals surface area (Å²) in [5.41, 5.74) is 0. The summed E-state index contributed by atoms with van der Waals surface area (Å²) in [4.78, 5) is 15.1. The van der Waals surface area contributed by atoms with E-state index in [0.717, 1.165) is 17.8 Å². The van der Waals surface area contributed by atoms with Crippen LogP contribution in [-0.2, 0) is 9.53 Å². The summed E-state index contributed by atoms with van der Waals surface area (Å²) in [5, 5.41) is 0. The molecular weight excluding hydrogens is 346 g/mol. The van der Waals surface area contributed by atoms with E-state index < -0.39 is 0 Å². The molecule has 4 atom stereocenters. The monoisotopic (exact) mass is 387 g/mol. The summed E-state index contributed by atoms with van der Waals surface area (Å²) in [6.07, 6.45) is 22.5. The number of hydrogen-bond acceptors (Lipinski definition) is 3. The van der Waals surface area contributed by atoms with Crippen LogP contribution < -0.4 is 0 Å². The fraction of sp³-hybridized carbons (Fsp3) is 0.880. The quantitative estimate of drug-likeness (QED) is 0.455. The Labute approximate surface area is 172 Å². The molecule has 0 spiro atoms. The van der Waals surface area contributed by atoms with E-state index in [1.807, 2.05) is 0 Å². The van der Waals surface area contributed by atoms with Gasteiger partial charge in [0.1, 0.15) is 0 Å². The SMILES string of the molecule is COC(=O)C1C2CC[C@H](C[C@@H]1C1CCC(/C=C/CC3CCCCC3)CC1)N2C. The van der Waals surface area contributed by atoms with E-state index in [1.54, 1.807) is 7.11 Å². The number of fused-ring (bicyclic) bond motifs is 2. The number of esters is 1. The van der Waals surface area contributed by atoms with E-state index in [-0.39, 0.29) is 11.9 Å². The second-order valence-electron chi connectivity index (χ2n) is 10.3. The molecule has 3 nitrogen and oxygen atoms in total. The van der Waals surface area contributed by atoms with Crippen LogP contribution in [0.1, 0.15) is 83.5 Å². The number of ether oxygens (including phenoxy) is 1. The standard InChI is InChI=1S/C25H41NO2/c1-26-21-15-16-23(26)24(25(27)28-2)22(17-21)20-13-11-19(12-14-20)10-6-9-18-7-4-3-5-8-18/h6,10,18-24H,3-5,7-9,11-17H2,1-2H3/b10-6+/t19?,20?,21-,22-,23?,24?/m1/s1. The summed E-state index contributed by atoms with van der Waals surface area (Å²) in [5.74, 6) is 3.17. The van der Waals surface area contributed by atoms with Gasteiger partial charge >= 0.3 is 5.97 Å². The maximum atomic E-state index is 12.6. The Bertz CT molecular complexity index is 545. The van der Waals surface area contributed by atoms with Crippen molar-refractivity contribution >= 4 is 5.97 Å². The van der Waals surface area contributed by atoms with Gasteiger partial charge in [-0.1, -0.05) is 44.3 Å². The fourth-order valence-corrected chi connectivity index (χ4v) is 7.11. The summed E-state index contributed by atoms with van der Waals surface area (Å²) in [6, 6.07) is 1.12. The van der Waals surface area contributed by atoms with Crippen LogP contribution in [-0.4, -0.2) is 37.1 Å². The predicted octanol–water partition coefficient (Wildman–Crippen LogP) is 5.59. The van der Waals surface area contributed by atoms with Gasteiger partial charge in [0.15, 0.2) is 0 Å². The van der Waals surface area contributed by atoms with E-state index in [9.17, 15) is 4.79 Å². The molecular formula is C25H41NO2. The number of piperidine rings is 1. The van der Waals surface area contributed by atoms with Crippen LogP contribution in [0.3, 0.4) is 0 Å². The maximum Gasteiger partial charge on any atom is 0.310 e. The molecule has 4 rings (SSSR count). The average Bonchev–Trinajstić information content (AvgIpc) is 2.97. The number of rotatable bonds is 5. The van der Waals surface area contributed by atoms with Crippen molar-refractivity contribution in [3.05, 3.63) is 12.2 Å². The second kappa shape index (κ2) is 9.32. The molecule has 0 aromatic rings. The minimum atomic E-state index is 0.0525. The van der Waals surface area contributed by atoms with Crippen LogP contribution in [0.25, 0.3) is 0 Å². The van der Waals surface area contributed by atoms with Crippen LogP contribution in [0.2, 0.25) is 0 Å². The molecule has 2 bridgehead atoms. The highest BCUT2D eigenvalue weighted by atomic mass is 16.5. The number of methoxy groups -OCH3 is 1. The molecule has 0 aromatic heterocycles. The van der Waals surface area contributed by atoms with Crippen LogP contribution in [0.5, 0.6) is 0 Å². The summed E-state index contributed by atoms with van der Waals surface area (Å²) in [7, 11) is 3.80. The molecule has 28 heavy (non-hydrogen) atoms. The van der Waals surface area contributed by atoms with Crippen molar-refractivity contribution in [2.75, 3.05) is 14.2 Å². The molecule has 0 N–H and O–H groups in total. The third kappa shape index (κ3) is 4.35. The van der Waals surface area contributed by atoms with Crippen LogP contribution in [0, 0.1) is 29.6 Å². The molecule has 2 saturated carbocycles. The van der Waals surface area contributed by atoms with Gasteiger partial charge in [0, 0.05) is 12.1 Å². The normalized spacial score (nSPS) is 40.1. The van der Waals surface area contributed by atoms with Gasteiger partial charge < -0.3 is 4.74 Å². The minimum Gasteiger partial charge on any atom is -0.469 e. The molecule has 2 heterocycles. The average molecular weight is 388 g/mol. The maximum absolute atomic E-state index is 12.6. The Hall–Kier alpha value is -0.830. The molecule has 0 aromatic carbocycles. The fourth-order valence-electron chi connectivity index (χ4n) is 7.11. The number of hydrogen-bond donors (Lipinski definition) is 0. The van der Waals surface area contributed by atoms with Crippen molar-refractivity contribution in [1.29, 1.82) is 0 Å². The van der Waals surface area contributed by atoms with Crippen LogP contribution in [0.4, 0.5) is 0 Å². The lowest BCUT2D eigenvalue weighted by molar-refractivity contribution is -0.154. The van der Waals surface area contributed by atoms with Gasteiger partial charge in [0.25, 0.3) is 0 Å². The van der Waals surface area contributed by atoms with Crippen molar-refractivity contribution < 1.29 is 9.53 Å². The predicted molar refractivity (Wildman–Crippen MR) is 114 cm³/mol. The zero-order valence-electron chi connectivity index (χ0n) is 18.2. The third-order valence-electron chi connectivity index (χ3n) is 8.81. The van der Waals surface area contributed by atoms with E-state index in [1.165, 1.54) is 83.5 Å². The Kier molecular flexibility index (Phi) is 6.81. The number of carbonyl (C=O) groups is 1. The van der Waals surface area contributed by atoms with Crippen molar-refractivity contribution in [3.63, 3.8) is 0 Å². The highest BCUT2D eigenvalue weighted by molar-refractivity contribution is 5.74. The summed E-state index contributed by atoms with van der Waals surface area (Å²) >= 11 is 0. The van der Waals surface area contributed by atoms with E-state index in [0.29, 0.717) is 18.0 Å². The molecule has 4 aliphatic rings. The summed E-state index contributed by atoms with van der Waals surface area (Å²) < 4.78 is 5.26. The van der Waals surface area contributed by atoms with E-state index in [4.69, 9.17) is 4.74 Å². The van der Waals surface area contributed by atoms with Crippen molar-refractivity contribution in [2.24, 2.45) is 29.6 Å². The first-order chi connectivity index (χ1) is 13.7. The Morgan fingerprint density at radius 3 is 2.46 bits per heavy atom. The molecule has 0 radical (unpaired) electrons. The molecule has 2 aliphatic carbocycles. The number of carbonyl (C=O) groups excluding carboxylic acids is 1. The van der Waals surface area contributed by atoms with Crippen LogP contribution >= 0.6 is 0 Å². The Morgan fingerprint density at radius 1 is 1.00 bits per heavy atom. The minimum absolute atomic E-state index is 0.0525. The van der Waals surface area contributed by atoms with E-state index >= 15 is 0 Å². The zero-order chi connectivity index (χ0) is 19.5. The molecule has 158 valence electrons. The van der Waals surface area contributed by atoms with Gasteiger partial charge in [-0.15, -0.1) is 0 Å². The van der Waals surface area contributed by atoms with Crippen LogP contribution in [0.15, 0.2) is 12.2 Å². The molecule has 0 amide bonds. The molecule has 4 fully saturated rings. The Morgan fingerprint density at radius 2 is 1.75 bits per heavy atom. The highest BCUT2D eigenvalue weighted by Crippen LogP contribution is 2.48. The van der Waals surface area contributed by atoms with Crippen molar-refractivity contribution in [2.45, 2.75) is 95.6 Å². The third-order valence-corrected chi connectivity index (χ3v) is 8.81. The number of nitrogens with zero attached hydrogens (tertiary/aromatic N) is 1. The van der Waals surface area contributed by atoms with Gasteiger partial charge in [-0.2, -0.15) is 0 Å². The van der Waals surface area contributed by atoms with Crippen molar-refractivity contribution in [3.8, 4) is 0 Å². The number of allylic oxidation sites excluding steroid dienone is 2. The molecule has 2 aliphatic heterocycles. The zero-order valence-corrected chi connectivity index (χ0v) is 18.2. The Balaban J connectivity index is 1.30. The lowest BCUT2D eigenvalue weighted by Crippen LogP contribution is -2.52. The molecule has 2 saturated heterocycles. The largest absolute Gasteiger partial charge is 0.469 e. The second-order valence-corrected chi connectivity index (χ2v) is 10.3. The lowest BCUT2D eigenvalue weighted by atomic mass is 9.67. The molecule has 3 heteroatoms. The van der Waals surface area contributed by atoms with Gasteiger partial charge in [-0.25, -0.2) is 0 Å². The molecule has 2 unspecified atom stereocenters. The first-order valence-corrected chi connectivity index (χ1v) is 12.1. The highest BCUT2D eigenvalue weighted by Gasteiger charge is 2.51. The smallest absolute Gasteiger partial charge is 0.310 e. The topological polar surface area (TPSA) is 29.5 Å². The lowest BCUT2D eigenvalue weighted by Gasteiger charge is -2.46. The van der Waals surface area contributed by atoms with Crippen molar-refractivity contribution in [1.82, 2.24) is 4.90 Å². The van der Waals surface area contributed by atoms with Gasteiger partial charge in [-0.05, 0) is 82.1 Å². The van der Waals surface area contributed by atoms with Gasteiger partial charge in [-0.3, -0.25) is 9.69 Å². The van der Waals surface area contributed by atoms with Gasteiger partial charge in [0.2, 0.25) is 0 Å². The summed E-state index contributed by atoms with van der Waals surface area (Å²) in [6.45, 7) is 0. The first-order valence-electron chi connectivity index (χ1n) is 12.1.